The van der Waals surface area contributed by atoms with Gasteiger partial charge in [0.15, 0.2) is 5.16 Å². The number of likely N-dealkylation sites (tertiary alicyclic amines) is 1. The lowest BCUT2D eigenvalue weighted by atomic mass is 9.94. The molecule has 1 aliphatic rings. The van der Waals surface area contributed by atoms with Crippen molar-refractivity contribution >= 4 is 34.6 Å². The fraction of sp³-hybridized carbons (Fsp3) is 0.400. The van der Waals surface area contributed by atoms with Crippen LogP contribution in [0.3, 0.4) is 0 Å². The molecule has 1 aromatic heterocycles. The molecule has 1 fully saturated rings. The minimum absolute atomic E-state index is 0.0385. The van der Waals surface area contributed by atoms with Crippen LogP contribution in [0.25, 0.3) is 11.0 Å². The summed E-state index contributed by atoms with van der Waals surface area (Å²) in [6.07, 6.45) is 1.49. The number of para-hydroxylation sites is 2. The maximum Gasteiger partial charge on any atom is 0.253 e. The predicted molar refractivity (Wildman–Crippen MR) is 129 cm³/mol. The van der Waals surface area contributed by atoms with Gasteiger partial charge >= 0.3 is 0 Å². The van der Waals surface area contributed by atoms with E-state index in [0.29, 0.717) is 18.7 Å². The number of fused-ring (bicyclic) bond motifs is 1. The Balaban J connectivity index is 1.30. The number of H-pyrrole nitrogens is 1. The Morgan fingerprint density at radius 2 is 1.75 bits per heavy atom. The van der Waals surface area contributed by atoms with Crippen molar-refractivity contribution in [3.05, 3.63) is 59.7 Å². The van der Waals surface area contributed by atoms with Crippen molar-refractivity contribution in [1.29, 1.82) is 0 Å². The van der Waals surface area contributed by atoms with Gasteiger partial charge in [-0.2, -0.15) is 0 Å². The lowest BCUT2D eigenvalue weighted by molar-refractivity contribution is -0.136. The van der Waals surface area contributed by atoms with Crippen molar-refractivity contribution in [2.75, 3.05) is 26.2 Å². The third-order valence-electron chi connectivity index (χ3n) is 6.15. The van der Waals surface area contributed by atoms with Gasteiger partial charge in [0.1, 0.15) is 0 Å². The Morgan fingerprint density at radius 3 is 2.41 bits per heavy atom. The Labute approximate surface area is 193 Å². The largest absolute Gasteiger partial charge is 0.343 e. The van der Waals surface area contributed by atoms with Crippen LogP contribution < -0.4 is 0 Å². The number of nitrogens with zero attached hydrogens (tertiary/aromatic N) is 3. The van der Waals surface area contributed by atoms with E-state index in [4.69, 9.17) is 0 Å². The van der Waals surface area contributed by atoms with E-state index < -0.39 is 0 Å². The number of thioether (sulfide) groups is 1. The first kappa shape index (κ1) is 22.4. The highest BCUT2D eigenvalue weighted by atomic mass is 32.2. The number of carbonyl (C=O) groups excluding carboxylic acids is 2. The summed E-state index contributed by atoms with van der Waals surface area (Å²) in [5.74, 6) is 1.10. The summed E-state index contributed by atoms with van der Waals surface area (Å²) in [6, 6.07) is 15.8. The molecule has 0 spiro atoms. The fourth-order valence-corrected chi connectivity index (χ4v) is 5.04. The first-order chi connectivity index (χ1) is 15.6. The lowest BCUT2D eigenvalue weighted by Gasteiger charge is -2.33. The zero-order valence-electron chi connectivity index (χ0n) is 18.7. The average molecular weight is 451 g/mol. The van der Waals surface area contributed by atoms with Gasteiger partial charge in [0.25, 0.3) is 5.91 Å². The first-order valence-electron chi connectivity index (χ1n) is 11.3. The summed E-state index contributed by atoms with van der Waals surface area (Å²) in [5.41, 5.74) is 3.86. The van der Waals surface area contributed by atoms with Gasteiger partial charge in [0, 0.05) is 43.4 Å². The zero-order valence-corrected chi connectivity index (χ0v) is 19.5. The molecule has 0 atom stereocenters. The monoisotopic (exact) mass is 450 g/mol. The van der Waals surface area contributed by atoms with Crippen LogP contribution in [-0.2, 0) is 10.5 Å². The summed E-state index contributed by atoms with van der Waals surface area (Å²) in [5, 5.41) is 0.897. The topological polar surface area (TPSA) is 69.3 Å². The minimum atomic E-state index is 0.0385. The van der Waals surface area contributed by atoms with Crippen molar-refractivity contribution in [2.45, 2.75) is 37.6 Å². The molecular weight excluding hydrogens is 420 g/mol. The van der Waals surface area contributed by atoms with Crippen molar-refractivity contribution in [2.24, 2.45) is 5.92 Å². The van der Waals surface area contributed by atoms with Gasteiger partial charge < -0.3 is 14.8 Å². The van der Waals surface area contributed by atoms with Crippen LogP contribution in [0.2, 0.25) is 0 Å². The van der Waals surface area contributed by atoms with Crippen molar-refractivity contribution in [1.82, 2.24) is 19.8 Å². The maximum absolute atomic E-state index is 12.9. The highest BCUT2D eigenvalue weighted by Gasteiger charge is 2.29. The second-order valence-electron chi connectivity index (χ2n) is 8.12. The summed E-state index contributed by atoms with van der Waals surface area (Å²) < 4.78 is 0. The van der Waals surface area contributed by atoms with Crippen LogP contribution in [0, 0.1) is 5.92 Å². The third kappa shape index (κ3) is 4.99. The molecule has 3 aromatic rings. The van der Waals surface area contributed by atoms with Crippen LogP contribution in [0.4, 0.5) is 0 Å². The van der Waals surface area contributed by atoms with Gasteiger partial charge in [-0.1, -0.05) is 36.0 Å². The molecule has 2 amide bonds. The molecule has 1 N–H and O–H groups in total. The molecular formula is C25H30N4O2S. The Hall–Kier alpha value is -2.80. The number of imidazole rings is 1. The van der Waals surface area contributed by atoms with Crippen LogP contribution in [0.1, 0.15) is 42.6 Å². The second-order valence-corrected chi connectivity index (χ2v) is 9.09. The van der Waals surface area contributed by atoms with Gasteiger partial charge in [-0.05, 0) is 56.5 Å². The molecule has 168 valence electrons. The van der Waals surface area contributed by atoms with E-state index in [1.165, 1.54) is 0 Å². The van der Waals surface area contributed by atoms with E-state index in [1.54, 1.807) is 11.8 Å². The van der Waals surface area contributed by atoms with Crippen molar-refractivity contribution < 1.29 is 9.59 Å². The summed E-state index contributed by atoms with van der Waals surface area (Å²) in [7, 11) is 0. The van der Waals surface area contributed by atoms with Gasteiger partial charge in [-0.3, -0.25) is 9.59 Å². The molecule has 2 aromatic carbocycles. The molecule has 1 aliphatic heterocycles. The number of benzene rings is 2. The van der Waals surface area contributed by atoms with E-state index in [0.717, 1.165) is 53.4 Å². The Bertz CT molecular complexity index is 1030. The molecule has 32 heavy (non-hydrogen) atoms. The number of hydrogen-bond donors (Lipinski definition) is 1. The molecule has 1 saturated heterocycles. The Kier molecular flexibility index (Phi) is 7.15. The quantitative estimate of drug-likeness (QED) is 0.535. The molecule has 0 aliphatic carbocycles. The van der Waals surface area contributed by atoms with Crippen LogP contribution >= 0.6 is 11.8 Å². The summed E-state index contributed by atoms with van der Waals surface area (Å²) >= 11 is 1.65. The van der Waals surface area contributed by atoms with Gasteiger partial charge in [0.05, 0.1) is 11.0 Å². The predicted octanol–water partition coefficient (Wildman–Crippen LogP) is 4.58. The van der Waals surface area contributed by atoms with Crippen LogP contribution in [0.15, 0.2) is 53.7 Å². The van der Waals surface area contributed by atoms with Gasteiger partial charge in [-0.25, -0.2) is 4.98 Å². The number of aromatic amines is 1. The minimum Gasteiger partial charge on any atom is -0.343 e. The summed E-state index contributed by atoms with van der Waals surface area (Å²) in [4.78, 5) is 37.2. The number of piperidine rings is 1. The number of amides is 2. The van der Waals surface area contributed by atoms with Crippen molar-refractivity contribution in [3.63, 3.8) is 0 Å². The number of nitrogens with one attached hydrogen (secondary N) is 1. The summed E-state index contributed by atoms with van der Waals surface area (Å²) in [6.45, 7) is 6.79. The van der Waals surface area contributed by atoms with Gasteiger partial charge in [0.2, 0.25) is 5.91 Å². The van der Waals surface area contributed by atoms with E-state index in [-0.39, 0.29) is 17.7 Å². The molecule has 6 nitrogen and oxygen atoms in total. The molecule has 2 heterocycles. The average Bonchev–Trinajstić information content (AvgIpc) is 3.26. The SMILES string of the molecule is CCN(CC)C(=O)C1CCN(C(=O)c2ccc(CSc3nc4ccccc4[nH]3)cc2)CC1. The molecule has 4 rings (SSSR count). The van der Waals surface area contributed by atoms with Crippen LogP contribution in [-0.4, -0.2) is 57.8 Å². The highest BCUT2D eigenvalue weighted by molar-refractivity contribution is 7.98. The van der Waals surface area contributed by atoms with E-state index in [9.17, 15) is 9.59 Å². The number of aromatic nitrogens is 2. The lowest BCUT2D eigenvalue weighted by Crippen LogP contribution is -2.44. The molecule has 0 bridgehead atoms. The molecule has 7 heteroatoms. The van der Waals surface area contributed by atoms with E-state index >= 15 is 0 Å². The van der Waals surface area contributed by atoms with Crippen molar-refractivity contribution in [3.8, 4) is 0 Å². The van der Waals surface area contributed by atoms with E-state index in [2.05, 4.69) is 9.97 Å². The first-order valence-corrected chi connectivity index (χ1v) is 12.3. The number of hydrogen-bond acceptors (Lipinski definition) is 4. The maximum atomic E-state index is 12.9. The molecule has 0 saturated carbocycles. The Morgan fingerprint density at radius 1 is 1.06 bits per heavy atom. The smallest absolute Gasteiger partial charge is 0.253 e. The number of rotatable bonds is 7. The normalized spacial score (nSPS) is 14.6. The van der Waals surface area contributed by atoms with E-state index in [1.807, 2.05) is 72.2 Å². The van der Waals surface area contributed by atoms with Gasteiger partial charge in [-0.15, -0.1) is 0 Å². The standard InChI is InChI=1S/C25H30N4O2S/c1-3-28(4-2)23(30)20-13-15-29(16-14-20)24(31)19-11-9-18(10-12-19)17-32-25-26-21-7-5-6-8-22(21)27-25/h5-12,20H,3-4,13-17H2,1-2H3,(H,26,27). The van der Waals surface area contributed by atoms with Crippen LogP contribution in [0.5, 0.6) is 0 Å². The molecule has 0 radical (unpaired) electrons. The zero-order chi connectivity index (χ0) is 22.5. The fourth-order valence-electron chi connectivity index (χ4n) is 4.20. The second kappa shape index (κ2) is 10.2. The highest BCUT2D eigenvalue weighted by Crippen LogP contribution is 2.24. The number of carbonyl (C=O) groups is 2. The molecule has 0 unspecified atom stereocenters. The third-order valence-corrected chi connectivity index (χ3v) is 7.10.